The Morgan fingerprint density at radius 1 is 1.24 bits per heavy atom. The summed E-state index contributed by atoms with van der Waals surface area (Å²) in [4.78, 5) is 39.6. The second-order valence-electron chi connectivity index (χ2n) is 5.66. The highest BCUT2D eigenvalue weighted by atomic mass is 16.5. The molecule has 1 rings (SSSR count). The average Bonchev–Trinajstić information content (AvgIpc) is 2.58. The number of ether oxygens (including phenoxy) is 2. The number of hydrogen-bond donors (Lipinski definition) is 2. The number of carbonyl (C=O) groups excluding carboxylic acids is 3. The topological polar surface area (TPSA) is 121 Å². The molecule has 0 radical (unpaired) electrons. The van der Waals surface area contributed by atoms with E-state index in [1.54, 1.807) is 13.8 Å². The van der Waals surface area contributed by atoms with Crippen molar-refractivity contribution in [2.75, 3.05) is 6.54 Å². The van der Waals surface area contributed by atoms with E-state index in [4.69, 9.17) is 15.2 Å². The lowest BCUT2D eigenvalue weighted by atomic mass is 10.2. The molecule has 0 saturated heterocycles. The van der Waals surface area contributed by atoms with Crippen LogP contribution >= 0.6 is 0 Å². The molecule has 0 aliphatic carbocycles. The number of hydrogen-bond acceptors (Lipinski definition) is 7. The van der Waals surface area contributed by atoms with Crippen LogP contribution in [0.15, 0.2) is 12.3 Å². The molecule has 0 atom stereocenters. The first-order valence-corrected chi connectivity index (χ1v) is 8.24. The van der Waals surface area contributed by atoms with Gasteiger partial charge in [0.2, 0.25) is 5.91 Å². The molecule has 1 aromatic heterocycles. The Labute approximate surface area is 147 Å². The molecule has 1 aromatic rings. The van der Waals surface area contributed by atoms with Crippen molar-refractivity contribution in [3.63, 3.8) is 0 Å². The predicted octanol–water partition coefficient (Wildman–Crippen LogP) is 1.43. The molecule has 0 spiro atoms. The van der Waals surface area contributed by atoms with Gasteiger partial charge in [-0.25, -0.2) is 9.78 Å². The Balaban J connectivity index is 3.10. The van der Waals surface area contributed by atoms with Crippen LogP contribution < -0.4 is 15.8 Å². The first-order chi connectivity index (χ1) is 11.8. The van der Waals surface area contributed by atoms with Crippen LogP contribution in [0.3, 0.4) is 0 Å². The first-order valence-electron chi connectivity index (χ1n) is 8.24. The van der Waals surface area contributed by atoms with Crippen molar-refractivity contribution < 1.29 is 23.9 Å². The SMILES string of the molecule is CCC(CC)OC(=O)c1cnc(C(=O)NC(=O)CN)c(OC(C)C)c1. The molecule has 138 valence electrons. The molecule has 0 unspecified atom stereocenters. The van der Waals surface area contributed by atoms with E-state index in [9.17, 15) is 14.4 Å². The van der Waals surface area contributed by atoms with E-state index in [0.29, 0.717) is 12.8 Å². The van der Waals surface area contributed by atoms with Gasteiger partial charge in [0.25, 0.3) is 5.91 Å². The predicted molar refractivity (Wildman–Crippen MR) is 91.3 cm³/mol. The molecule has 25 heavy (non-hydrogen) atoms. The monoisotopic (exact) mass is 351 g/mol. The molecule has 0 aliphatic rings. The molecular weight excluding hydrogens is 326 g/mol. The molecule has 8 heteroatoms. The van der Waals surface area contributed by atoms with Gasteiger partial charge in [-0.15, -0.1) is 0 Å². The Morgan fingerprint density at radius 2 is 1.88 bits per heavy atom. The van der Waals surface area contributed by atoms with Crippen LogP contribution in [0.4, 0.5) is 0 Å². The number of nitrogens with zero attached hydrogens (tertiary/aromatic N) is 1. The quantitative estimate of drug-likeness (QED) is 0.680. The van der Waals surface area contributed by atoms with E-state index in [-0.39, 0.29) is 35.8 Å². The minimum atomic E-state index is -0.744. The van der Waals surface area contributed by atoms with Crippen LogP contribution in [0.1, 0.15) is 61.4 Å². The molecule has 0 aromatic carbocycles. The lowest BCUT2D eigenvalue weighted by molar-refractivity contribution is -0.118. The summed E-state index contributed by atoms with van der Waals surface area (Å²) in [6, 6.07) is 1.39. The van der Waals surface area contributed by atoms with Gasteiger partial charge < -0.3 is 15.2 Å². The van der Waals surface area contributed by atoms with Gasteiger partial charge in [0.15, 0.2) is 11.4 Å². The van der Waals surface area contributed by atoms with E-state index >= 15 is 0 Å². The van der Waals surface area contributed by atoms with E-state index < -0.39 is 17.8 Å². The molecular formula is C17H25N3O5. The highest BCUT2D eigenvalue weighted by molar-refractivity contribution is 6.06. The fraction of sp³-hybridized carbons (Fsp3) is 0.529. The maximum Gasteiger partial charge on any atom is 0.340 e. The van der Waals surface area contributed by atoms with Crippen molar-refractivity contribution in [1.29, 1.82) is 0 Å². The Kier molecular flexibility index (Phi) is 8.00. The van der Waals surface area contributed by atoms with Crippen molar-refractivity contribution in [1.82, 2.24) is 10.3 Å². The third kappa shape index (κ3) is 6.15. The summed E-state index contributed by atoms with van der Waals surface area (Å²) in [5, 5.41) is 2.10. The minimum absolute atomic E-state index is 0.0938. The second kappa shape index (κ2) is 9.73. The van der Waals surface area contributed by atoms with E-state index in [0.717, 1.165) is 0 Å². The Hall–Kier alpha value is -2.48. The number of carbonyl (C=O) groups is 3. The number of imide groups is 1. The van der Waals surface area contributed by atoms with Crippen molar-refractivity contribution in [3.8, 4) is 5.75 Å². The summed E-state index contributed by atoms with van der Waals surface area (Å²) < 4.78 is 10.9. The van der Waals surface area contributed by atoms with Gasteiger partial charge in [-0.1, -0.05) is 13.8 Å². The van der Waals surface area contributed by atoms with Gasteiger partial charge in [-0.2, -0.15) is 0 Å². The lowest BCUT2D eigenvalue weighted by Crippen LogP contribution is -2.36. The van der Waals surface area contributed by atoms with Crippen molar-refractivity contribution in [2.45, 2.75) is 52.7 Å². The summed E-state index contributed by atoms with van der Waals surface area (Å²) in [6.07, 6.45) is 2.18. The fourth-order valence-corrected chi connectivity index (χ4v) is 1.98. The number of aromatic nitrogens is 1. The summed E-state index contributed by atoms with van der Waals surface area (Å²) in [6.45, 7) is 7.06. The van der Waals surface area contributed by atoms with Gasteiger partial charge in [-0.05, 0) is 32.8 Å². The van der Waals surface area contributed by atoms with Crippen LogP contribution in [-0.4, -0.2) is 41.5 Å². The zero-order valence-corrected chi connectivity index (χ0v) is 15.0. The molecule has 3 N–H and O–H groups in total. The zero-order valence-electron chi connectivity index (χ0n) is 15.0. The van der Waals surface area contributed by atoms with E-state index in [2.05, 4.69) is 10.3 Å². The standard InChI is InChI=1S/C17H25N3O5/c1-5-12(6-2)25-17(23)11-7-13(24-10(3)4)15(19-9-11)16(22)20-14(21)8-18/h7,9-10,12H,5-6,8,18H2,1-4H3,(H,20,21,22). The summed E-state index contributed by atoms with van der Waals surface area (Å²) in [5.74, 6) is -1.83. The van der Waals surface area contributed by atoms with Gasteiger partial charge in [0.05, 0.1) is 18.2 Å². The Morgan fingerprint density at radius 3 is 2.40 bits per heavy atom. The normalized spacial score (nSPS) is 10.7. The smallest absolute Gasteiger partial charge is 0.340 e. The number of rotatable bonds is 8. The minimum Gasteiger partial charge on any atom is -0.489 e. The number of nitrogens with two attached hydrogens (primary N) is 1. The number of amides is 2. The molecule has 1 heterocycles. The van der Waals surface area contributed by atoms with Gasteiger partial charge in [0.1, 0.15) is 6.10 Å². The Bertz CT molecular complexity index is 627. The van der Waals surface area contributed by atoms with Crippen LogP contribution in [-0.2, 0) is 9.53 Å². The molecule has 0 aliphatic heterocycles. The summed E-state index contributed by atoms with van der Waals surface area (Å²) in [7, 11) is 0. The second-order valence-corrected chi connectivity index (χ2v) is 5.66. The largest absolute Gasteiger partial charge is 0.489 e. The van der Waals surface area contributed by atoms with E-state index in [1.807, 2.05) is 13.8 Å². The van der Waals surface area contributed by atoms with Crippen molar-refractivity contribution >= 4 is 17.8 Å². The molecule has 2 amide bonds. The number of nitrogens with one attached hydrogen (secondary N) is 1. The van der Waals surface area contributed by atoms with Crippen molar-refractivity contribution in [2.24, 2.45) is 5.73 Å². The molecule has 0 fully saturated rings. The maximum absolute atomic E-state index is 12.2. The molecule has 0 bridgehead atoms. The van der Waals surface area contributed by atoms with Crippen LogP contribution in [0.2, 0.25) is 0 Å². The number of esters is 1. The van der Waals surface area contributed by atoms with Crippen LogP contribution in [0, 0.1) is 0 Å². The summed E-state index contributed by atoms with van der Waals surface area (Å²) in [5.41, 5.74) is 5.24. The third-order valence-electron chi connectivity index (χ3n) is 3.29. The van der Waals surface area contributed by atoms with Gasteiger partial charge in [0, 0.05) is 6.20 Å². The van der Waals surface area contributed by atoms with Gasteiger partial charge in [-0.3, -0.25) is 14.9 Å². The highest BCUT2D eigenvalue weighted by Gasteiger charge is 2.21. The highest BCUT2D eigenvalue weighted by Crippen LogP contribution is 2.21. The van der Waals surface area contributed by atoms with E-state index in [1.165, 1.54) is 12.3 Å². The zero-order chi connectivity index (χ0) is 19.0. The fourth-order valence-electron chi connectivity index (χ4n) is 1.98. The average molecular weight is 351 g/mol. The molecule has 8 nitrogen and oxygen atoms in total. The maximum atomic E-state index is 12.2. The summed E-state index contributed by atoms with van der Waals surface area (Å²) >= 11 is 0. The molecule has 0 saturated carbocycles. The number of pyridine rings is 1. The van der Waals surface area contributed by atoms with Crippen LogP contribution in [0.5, 0.6) is 5.75 Å². The van der Waals surface area contributed by atoms with Gasteiger partial charge >= 0.3 is 5.97 Å². The first kappa shape index (κ1) is 20.6. The van der Waals surface area contributed by atoms with Crippen molar-refractivity contribution in [3.05, 3.63) is 23.5 Å². The van der Waals surface area contributed by atoms with Crippen LogP contribution in [0.25, 0.3) is 0 Å². The third-order valence-corrected chi connectivity index (χ3v) is 3.29. The lowest BCUT2D eigenvalue weighted by Gasteiger charge is -2.16.